The molecule has 2 bridgehead atoms. The Labute approximate surface area is 110 Å². The molecular weight excluding hydrogens is 249 g/mol. The van der Waals surface area contributed by atoms with Gasteiger partial charge in [-0.1, -0.05) is 0 Å². The van der Waals surface area contributed by atoms with Crippen molar-refractivity contribution in [3.05, 3.63) is 34.1 Å². The molecule has 2 atom stereocenters. The van der Waals surface area contributed by atoms with Crippen LogP contribution < -0.4 is 10.2 Å². The Morgan fingerprint density at radius 2 is 2.05 bits per heavy atom. The van der Waals surface area contributed by atoms with Crippen LogP contribution >= 0.6 is 0 Å². The number of non-ortho nitro benzene ring substituents is 1. The highest BCUT2D eigenvalue weighted by atomic mass is 19.1. The molecule has 2 fully saturated rings. The number of nitrogens with one attached hydrogen (secondary N) is 1. The molecular formula is C13H16FN3O2. The monoisotopic (exact) mass is 265 g/mol. The smallest absolute Gasteiger partial charge is 0.274 e. The fraction of sp³-hybridized carbons (Fsp3) is 0.538. The van der Waals surface area contributed by atoms with Crippen molar-refractivity contribution >= 4 is 11.4 Å². The fourth-order valence-corrected chi connectivity index (χ4v) is 3.02. The highest BCUT2D eigenvalue weighted by molar-refractivity contribution is 5.54. The van der Waals surface area contributed by atoms with Gasteiger partial charge in [0.2, 0.25) is 0 Å². The molecule has 19 heavy (non-hydrogen) atoms. The van der Waals surface area contributed by atoms with Gasteiger partial charge in [-0.25, -0.2) is 4.39 Å². The molecule has 1 N–H and O–H groups in total. The maximum atomic E-state index is 13.5. The number of nitrogens with zero attached hydrogens (tertiary/aromatic N) is 2. The second kappa shape index (κ2) is 4.77. The van der Waals surface area contributed by atoms with Crippen LogP contribution in [0.5, 0.6) is 0 Å². The Morgan fingerprint density at radius 3 is 2.84 bits per heavy atom. The Hall–Kier alpha value is -1.69. The number of fused-ring (bicyclic) bond motifs is 2. The van der Waals surface area contributed by atoms with E-state index in [9.17, 15) is 14.5 Å². The second-order valence-electron chi connectivity index (χ2n) is 5.30. The molecule has 2 unspecified atom stereocenters. The Morgan fingerprint density at radius 1 is 1.26 bits per heavy atom. The zero-order chi connectivity index (χ0) is 13.4. The third kappa shape index (κ3) is 2.53. The first kappa shape index (κ1) is 12.3. The van der Waals surface area contributed by atoms with E-state index >= 15 is 0 Å². The summed E-state index contributed by atoms with van der Waals surface area (Å²) in [6, 6.07) is 4.76. The zero-order valence-electron chi connectivity index (χ0n) is 10.5. The van der Waals surface area contributed by atoms with Gasteiger partial charge in [-0.3, -0.25) is 10.1 Å². The minimum atomic E-state index is -0.549. The highest BCUT2D eigenvalue weighted by Gasteiger charge is 2.29. The molecule has 0 radical (unpaired) electrons. The molecule has 2 aliphatic rings. The maximum Gasteiger partial charge on any atom is 0.274 e. The number of benzene rings is 1. The van der Waals surface area contributed by atoms with Gasteiger partial charge in [0.25, 0.3) is 5.69 Å². The van der Waals surface area contributed by atoms with Crippen LogP contribution in [0.3, 0.4) is 0 Å². The third-order valence-corrected chi connectivity index (χ3v) is 3.97. The molecule has 0 saturated carbocycles. The number of hydrogen-bond donors (Lipinski definition) is 1. The summed E-state index contributed by atoms with van der Waals surface area (Å²) in [5.74, 6) is -0.549. The average molecular weight is 265 g/mol. The van der Waals surface area contributed by atoms with E-state index in [4.69, 9.17) is 0 Å². The summed E-state index contributed by atoms with van der Waals surface area (Å²) in [4.78, 5) is 12.3. The molecule has 2 heterocycles. The van der Waals surface area contributed by atoms with Gasteiger partial charge in [0.1, 0.15) is 5.82 Å². The van der Waals surface area contributed by atoms with Gasteiger partial charge >= 0.3 is 0 Å². The zero-order valence-corrected chi connectivity index (χ0v) is 10.5. The molecule has 1 aromatic carbocycles. The van der Waals surface area contributed by atoms with Gasteiger partial charge in [0, 0.05) is 36.9 Å². The lowest BCUT2D eigenvalue weighted by Gasteiger charge is -2.26. The van der Waals surface area contributed by atoms with Crippen LogP contribution in [0.15, 0.2) is 18.2 Å². The molecule has 102 valence electrons. The number of anilines is 1. The van der Waals surface area contributed by atoms with Crippen molar-refractivity contribution in [3.8, 4) is 0 Å². The molecule has 3 rings (SSSR count). The van der Waals surface area contributed by atoms with Crippen LogP contribution in [0.4, 0.5) is 15.8 Å². The van der Waals surface area contributed by atoms with E-state index in [1.54, 1.807) is 0 Å². The van der Waals surface area contributed by atoms with E-state index in [2.05, 4.69) is 5.32 Å². The molecule has 6 heteroatoms. The SMILES string of the molecule is O=[N+]([O-])c1cc(F)cc(N2CCC3CCC(C2)N3)c1. The van der Waals surface area contributed by atoms with Crippen molar-refractivity contribution < 1.29 is 9.31 Å². The fourth-order valence-electron chi connectivity index (χ4n) is 3.02. The van der Waals surface area contributed by atoms with E-state index in [-0.39, 0.29) is 5.69 Å². The highest BCUT2D eigenvalue weighted by Crippen LogP contribution is 2.28. The van der Waals surface area contributed by atoms with Crippen molar-refractivity contribution in [2.45, 2.75) is 31.3 Å². The Kier molecular flexibility index (Phi) is 3.10. The number of hydrogen-bond acceptors (Lipinski definition) is 4. The van der Waals surface area contributed by atoms with Crippen molar-refractivity contribution in [1.82, 2.24) is 5.32 Å². The molecule has 0 aromatic heterocycles. The summed E-state index contributed by atoms with van der Waals surface area (Å²) in [5.41, 5.74) is 0.429. The minimum Gasteiger partial charge on any atom is -0.370 e. The first-order valence-corrected chi connectivity index (χ1v) is 6.58. The second-order valence-corrected chi connectivity index (χ2v) is 5.30. The topological polar surface area (TPSA) is 58.4 Å². The van der Waals surface area contributed by atoms with Crippen LogP contribution in [-0.2, 0) is 0 Å². The summed E-state index contributed by atoms with van der Waals surface area (Å²) in [6.07, 6.45) is 3.32. The minimum absolute atomic E-state index is 0.183. The van der Waals surface area contributed by atoms with Gasteiger partial charge in [-0.15, -0.1) is 0 Å². The van der Waals surface area contributed by atoms with Gasteiger partial charge in [0.05, 0.1) is 11.0 Å². The maximum absolute atomic E-state index is 13.5. The van der Waals surface area contributed by atoms with E-state index in [1.807, 2.05) is 4.90 Å². The van der Waals surface area contributed by atoms with E-state index < -0.39 is 10.7 Å². The molecule has 1 aromatic rings. The van der Waals surface area contributed by atoms with Crippen LogP contribution in [0.2, 0.25) is 0 Å². The summed E-state index contributed by atoms with van der Waals surface area (Å²) in [6.45, 7) is 1.60. The van der Waals surface area contributed by atoms with Crippen molar-refractivity contribution in [2.75, 3.05) is 18.0 Å². The number of rotatable bonds is 2. The van der Waals surface area contributed by atoms with E-state index in [0.717, 1.165) is 32.0 Å². The number of halogens is 1. The van der Waals surface area contributed by atoms with E-state index in [1.165, 1.54) is 18.6 Å². The Balaban J connectivity index is 1.87. The van der Waals surface area contributed by atoms with Gasteiger partial charge in [-0.05, 0) is 25.3 Å². The third-order valence-electron chi connectivity index (χ3n) is 3.97. The van der Waals surface area contributed by atoms with Crippen molar-refractivity contribution in [3.63, 3.8) is 0 Å². The summed E-state index contributed by atoms with van der Waals surface area (Å²) in [5, 5.41) is 14.3. The lowest BCUT2D eigenvalue weighted by Crippen LogP contribution is -2.35. The van der Waals surface area contributed by atoms with Gasteiger partial charge in [0.15, 0.2) is 0 Å². The normalized spacial score (nSPS) is 26.3. The number of nitro groups is 1. The first-order valence-electron chi connectivity index (χ1n) is 6.58. The molecule has 5 nitrogen and oxygen atoms in total. The molecule has 2 saturated heterocycles. The van der Waals surface area contributed by atoms with Crippen LogP contribution in [-0.4, -0.2) is 30.1 Å². The molecule has 0 amide bonds. The standard InChI is InChI=1S/C13H16FN3O2/c14-9-5-12(7-13(6-9)17(18)19)16-4-3-10-1-2-11(8-16)15-10/h5-7,10-11,15H,1-4,8H2. The largest absolute Gasteiger partial charge is 0.370 e. The average Bonchev–Trinajstić information content (AvgIpc) is 2.68. The molecule has 2 aliphatic heterocycles. The van der Waals surface area contributed by atoms with E-state index in [0.29, 0.717) is 17.8 Å². The number of nitro benzene ring substituents is 1. The predicted molar refractivity (Wildman–Crippen MR) is 69.8 cm³/mol. The van der Waals surface area contributed by atoms with Crippen LogP contribution in [0.1, 0.15) is 19.3 Å². The summed E-state index contributed by atoms with van der Waals surface area (Å²) < 4.78 is 13.5. The summed E-state index contributed by atoms with van der Waals surface area (Å²) >= 11 is 0. The molecule has 0 aliphatic carbocycles. The quantitative estimate of drug-likeness (QED) is 0.657. The van der Waals surface area contributed by atoms with Crippen LogP contribution in [0.25, 0.3) is 0 Å². The van der Waals surface area contributed by atoms with Gasteiger partial charge < -0.3 is 10.2 Å². The van der Waals surface area contributed by atoms with Crippen molar-refractivity contribution in [2.24, 2.45) is 0 Å². The molecule has 0 spiro atoms. The lowest BCUT2D eigenvalue weighted by atomic mass is 10.1. The Bertz CT molecular complexity index is 509. The summed E-state index contributed by atoms with van der Waals surface area (Å²) in [7, 11) is 0. The van der Waals surface area contributed by atoms with Crippen molar-refractivity contribution in [1.29, 1.82) is 0 Å². The predicted octanol–water partition coefficient (Wildman–Crippen LogP) is 2.06. The van der Waals surface area contributed by atoms with Crippen LogP contribution in [0, 0.1) is 15.9 Å². The van der Waals surface area contributed by atoms with Gasteiger partial charge in [-0.2, -0.15) is 0 Å². The first-order chi connectivity index (χ1) is 9.11. The lowest BCUT2D eigenvalue weighted by molar-refractivity contribution is -0.385.